The van der Waals surface area contributed by atoms with E-state index in [0.717, 1.165) is 23.4 Å². The Bertz CT molecular complexity index is 1370. The first-order valence-corrected chi connectivity index (χ1v) is 11.8. The van der Waals surface area contributed by atoms with Gasteiger partial charge in [0.1, 0.15) is 17.9 Å². The van der Waals surface area contributed by atoms with Gasteiger partial charge in [-0.05, 0) is 32.6 Å². The van der Waals surface area contributed by atoms with E-state index < -0.39 is 55.1 Å². The largest absolute Gasteiger partial charge is 0.522 e. The molecule has 0 spiro atoms. The number of imidazole rings is 1. The van der Waals surface area contributed by atoms with Crippen LogP contribution in [0.5, 0.6) is 0 Å². The summed E-state index contributed by atoms with van der Waals surface area (Å²) in [6, 6.07) is 1.94. The Morgan fingerprint density at radius 3 is 2.59 bits per heavy atom. The Labute approximate surface area is 215 Å². The Morgan fingerprint density at radius 2 is 1.92 bits per heavy atom. The highest BCUT2D eigenvalue weighted by atomic mass is 19.4. The van der Waals surface area contributed by atoms with E-state index in [1.807, 2.05) is 6.92 Å². The maximum absolute atomic E-state index is 15.1. The third-order valence-corrected chi connectivity index (χ3v) is 6.58. The number of amides is 1. The normalized spacial score (nSPS) is 22.7. The molecule has 3 aromatic heterocycles. The molecule has 3 aromatic rings. The second-order valence-corrected chi connectivity index (χ2v) is 9.75. The summed E-state index contributed by atoms with van der Waals surface area (Å²) in [5, 5.41) is 11.8. The monoisotopic (exact) mass is 565 g/mol. The Kier molecular flexibility index (Phi) is 6.59. The van der Waals surface area contributed by atoms with Crippen molar-refractivity contribution in [3.63, 3.8) is 0 Å². The lowest BCUT2D eigenvalue weighted by Gasteiger charge is -2.19. The molecule has 10 nitrogen and oxygen atoms in total. The SMILES string of the molecule is CC1(NC(=O)O[C@H]2CC[C@@H](c3cc(Nc4nc(C(F)(F)F)cc5nc(COC(F)(F)F)cn45)n[nH]3)[C@@H]2F)CC1. The predicted octanol–water partition coefficient (Wildman–Crippen LogP) is 5.11. The molecule has 3 heterocycles. The van der Waals surface area contributed by atoms with Crippen molar-refractivity contribution < 1.29 is 45.0 Å². The van der Waals surface area contributed by atoms with Crippen molar-refractivity contribution in [1.29, 1.82) is 0 Å². The van der Waals surface area contributed by atoms with E-state index in [4.69, 9.17) is 4.74 Å². The molecule has 2 saturated carbocycles. The van der Waals surface area contributed by atoms with Crippen LogP contribution in [0.25, 0.3) is 5.65 Å². The number of hydrogen-bond acceptors (Lipinski definition) is 7. The molecule has 0 saturated heterocycles. The molecule has 212 valence electrons. The number of nitrogens with one attached hydrogen (secondary N) is 3. The van der Waals surface area contributed by atoms with Crippen LogP contribution in [0, 0.1) is 0 Å². The highest BCUT2D eigenvalue weighted by Crippen LogP contribution is 2.40. The van der Waals surface area contributed by atoms with Gasteiger partial charge in [0, 0.05) is 35.5 Å². The van der Waals surface area contributed by atoms with E-state index in [-0.39, 0.29) is 29.1 Å². The first-order chi connectivity index (χ1) is 18.2. The van der Waals surface area contributed by atoms with Gasteiger partial charge in [0.15, 0.2) is 11.5 Å². The van der Waals surface area contributed by atoms with Crippen molar-refractivity contribution in [1.82, 2.24) is 29.9 Å². The number of anilines is 2. The van der Waals surface area contributed by atoms with Gasteiger partial charge in [0.25, 0.3) is 0 Å². The van der Waals surface area contributed by atoms with Crippen LogP contribution in [0.2, 0.25) is 0 Å². The van der Waals surface area contributed by atoms with E-state index in [1.165, 1.54) is 6.07 Å². The third kappa shape index (κ3) is 6.17. The fourth-order valence-corrected chi connectivity index (χ4v) is 4.30. The highest BCUT2D eigenvalue weighted by Gasteiger charge is 2.43. The number of aromatic amines is 1. The van der Waals surface area contributed by atoms with Gasteiger partial charge in [-0.15, -0.1) is 13.2 Å². The topological polar surface area (TPSA) is 118 Å². The summed E-state index contributed by atoms with van der Waals surface area (Å²) in [6.45, 7) is 0.824. The molecule has 17 heteroatoms. The second kappa shape index (κ2) is 9.53. The number of carbonyl (C=O) groups excluding carboxylic acids is 1. The molecule has 1 amide bonds. The van der Waals surface area contributed by atoms with Crippen molar-refractivity contribution in [2.75, 3.05) is 5.32 Å². The fraction of sp³-hybridized carbons (Fsp3) is 0.545. The van der Waals surface area contributed by atoms with Crippen LogP contribution >= 0.6 is 0 Å². The average molecular weight is 565 g/mol. The molecule has 0 radical (unpaired) electrons. The van der Waals surface area contributed by atoms with Crippen LogP contribution in [0.4, 0.5) is 47.3 Å². The van der Waals surface area contributed by atoms with Gasteiger partial charge in [-0.25, -0.2) is 19.2 Å². The quantitative estimate of drug-likeness (QED) is 0.341. The number of ether oxygens (including phenoxy) is 2. The van der Waals surface area contributed by atoms with Crippen molar-refractivity contribution in [3.8, 4) is 0 Å². The van der Waals surface area contributed by atoms with Gasteiger partial charge in [-0.2, -0.15) is 18.3 Å². The highest BCUT2D eigenvalue weighted by molar-refractivity contribution is 5.69. The number of hydrogen-bond donors (Lipinski definition) is 3. The minimum Gasteiger partial charge on any atom is -0.443 e. The maximum Gasteiger partial charge on any atom is 0.522 e. The summed E-state index contributed by atoms with van der Waals surface area (Å²) in [4.78, 5) is 19.3. The number of carbonyl (C=O) groups is 1. The molecule has 2 aliphatic carbocycles. The van der Waals surface area contributed by atoms with Crippen LogP contribution < -0.4 is 10.6 Å². The summed E-state index contributed by atoms with van der Waals surface area (Å²) < 4.78 is 103. The average Bonchev–Trinajstić information content (AvgIpc) is 3.18. The van der Waals surface area contributed by atoms with E-state index >= 15 is 4.39 Å². The third-order valence-electron chi connectivity index (χ3n) is 6.58. The number of H-pyrrole nitrogens is 1. The first kappa shape index (κ1) is 27.0. The summed E-state index contributed by atoms with van der Waals surface area (Å²) in [5.74, 6) is -1.20. The zero-order valence-corrected chi connectivity index (χ0v) is 20.2. The maximum atomic E-state index is 15.1. The lowest BCUT2D eigenvalue weighted by atomic mass is 10.0. The van der Waals surface area contributed by atoms with Crippen LogP contribution in [0.15, 0.2) is 18.3 Å². The van der Waals surface area contributed by atoms with Crippen LogP contribution in [-0.2, 0) is 22.3 Å². The molecule has 39 heavy (non-hydrogen) atoms. The minimum absolute atomic E-state index is 0.0316. The summed E-state index contributed by atoms with van der Waals surface area (Å²) in [6.07, 6.45) is -9.85. The lowest BCUT2D eigenvalue weighted by molar-refractivity contribution is -0.330. The zero-order chi connectivity index (χ0) is 28.2. The molecular formula is C22H22F7N7O3. The molecule has 0 aliphatic heterocycles. The fourth-order valence-electron chi connectivity index (χ4n) is 4.30. The smallest absolute Gasteiger partial charge is 0.443 e. The molecule has 2 aliphatic rings. The van der Waals surface area contributed by atoms with Crippen molar-refractivity contribution >= 4 is 23.5 Å². The van der Waals surface area contributed by atoms with Gasteiger partial charge in [-0.1, -0.05) is 0 Å². The Morgan fingerprint density at radius 1 is 1.18 bits per heavy atom. The number of aromatic nitrogens is 5. The van der Waals surface area contributed by atoms with Gasteiger partial charge in [0.05, 0.1) is 12.3 Å². The number of alkyl carbamates (subject to hydrolysis) is 1. The minimum atomic E-state index is -4.96. The van der Waals surface area contributed by atoms with E-state index in [0.29, 0.717) is 18.2 Å². The molecule has 5 rings (SSSR count). The number of halogens is 7. The first-order valence-electron chi connectivity index (χ1n) is 11.8. The molecule has 0 bridgehead atoms. The standard InChI is InChI=1S/C22H22F7N7O3/c1-20(4-5-20)33-19(37)39-13-3-2-11(17(13)23)12-6-15(35-34-12)32-18-31-14(21(24,25)26)7-16-30-10(8-36(16)18)9-38-22(27,28)29/h6-8,11,13,17H,2-5,9H2,1H3,(H,33,37)(H2,31,32,34,35)/t11-,13-,17-/m0/s1. The van der Waals surface area contributed by atoms with Gasteiger partial charge in [0.2, 0.25) is 5.95 Å². The summed E-state index contributed by atoms with van der Waals surface area (Å²) >= 11 is 0. The van der Waals surface area contributed by atoms with Crippen molar-refractivity contribution in [2.24, 2.45) is 0 Å². The molecule has 0 aromatic carbocycles. The molecule has 3 N–H and O–H groups in total. The second-order valence-electron chi connectivity index (χ2n) is 9.75. The molecule has 0 unspecified atom stereocenters. The molecule has 3 atom stereocenters. The number of alkyl halides is 7. The number of nitrogens with zero attached hydrogens (tertiary/aromatic N) is 4. The van der Waals surface area contributed by atoms with E-state index in [1.54, 1.807) is 0 Å². The molecular weight excluding hydrogens is 543 g/mol. The number of fused-ring (bicyclic) bond motifs is 1. The Hall–Kier alpha value is -3.63. The van der Waals surface area contributed by atoms with Crippen molar-refractivity contribution in [3.05, 3.63) is 35.4 Å². The van der Waals surface area contributed by atoms with Crippen LogP contribution in [-0.4, -0.2) is 54.8 Å². The van der Waals surface area contributed by atoms with Crippen LogP contribution in [0.3, 0.4) is 0 Å². The zero-order valence-electron chi connectivity index (χ0n) is 20.2. The van der Waals surface area contributed by atoms with Gasteiger partial charge in [-0.3, -0.25) is 14.2 Å². The Balaban J connectivity index is 1.32. The summed E-state index contributed by atoms with van der Waals surface area (Å²) in [5.41, 5.74) is -2.00. The van der Waals surface area contributed by atoms with Crippen molar-refractivity contribution in [2.45, 2.75) is 75.5 Å². The lowest BCUT2D eigenvalue weighted by Crippen LogP contribution is -2.38. The predicted molar refractivity (Wildman–Crippen MR) is 119 cm³/mol. The molecule has 2 fully saturated rings. The number of rotatable bonds is 7. The van der Waals surface area contributed by atoms with Gasteiger partial charge < -0.3 is 15.4 Å². The van der Waals surface area contributed by atoms with Crippen LogP contribution in [0.1, 0.15) is 55.6 Å². The summed E-state index contributed by atoms with van der Waals surface area (Å²) in [7, 11) is 0. The van der Waals surface area contributed by atoms with E-state index in [2.05, 4.69) is 35.5 Å². The van der Waals surface area contributed by atoms with Gasteiger partial charge >= 0.3 is 18.6 Å². The van der Waals surface area contributed by atoms with E-state index in [9.17, 15) is 31.1 Å².